The fourth-order valence-corrected chi connectivity index (χ4v) is 3.56. The summed E-state index contributed by atoms with van der Waals surface area (Å²) < 4.78 is 1.19. The number of nitrogens with zero attached hydrogens (tertiary/aromatic N) is 1. The fraction of sp³-hybridized carbons (Fsp3) is 0.625. The van der Waals surface area contributed by atoms with Gasteiger partial charge in [0.2, 0.25) is 0 Å². The lowest BCUT2D eigenvalue weighted by Crippen LogP contribution is -2.26. The highest BCUT2D eigenvalue weighted by Crippen LogP contribution is 2.28. The Labute approximate surface area is 125 Å². The van der Waals surface area contributed by atoms with Crippen molar-refractivity contribution in [3.63, 3.8) is 0 Å². The normalized spacial score (nSPS) is 16.6. The maximum Gasteiger partial charge on any atom is 0.0375 e. The molecular weight excluding hydrogens is 300 g/mol. The molecular formula is C16H25BrN2. The molecule has 2 rings (SSSR count). The zero-order chi connectivity index (χ0) is 13.7. The Hall–Kier alpha value is -0.540. The number of hydrogen-bond acceptors (Lipinski definition) is 2. The third kappa shape index (κ3) is 4.22. The van der Waals surface area contributed by atoms with Gasteiger partial charge in [0.1, 0.15) is 0 Å². The largest absolute Gasteiger partial charge is 0.374 e. The standard InChI is InChI=1S/C16H25BrN2/c1-19(12-13-5-3-2-4-6-13)15-8-7-14(9-10-18)16(17)11-15/h7-8,11,13H,2-6,9-10,12,18H2,1H3. The molecule has 0 spiro atoms. The predicted octanol–water partition coefficient (Wildman–Crippen LogP) is 3.97. The minimum absolute atomic E-state index is 0.704. The molecule has 0 amide bonds. The van der Waals surface area contributed by atoms with Gasteiger partial charge in [-0.25, -0.2) is 0 Å². The molecule has 0 saturated heterocycles. The molecule has 0 unspecified atom stereocenters. The van der Waals surface area contributed by atoms with Gasteiger partial charge < -0.3 is 10.6 Å². The number of anilines is 1. The van der Waals surface area contributed by atoms with Crippen LogP contribution in [0.25, 0.3) is 0 Å². The quantitative estimate of drug-likeness (QED) is 0.888. The second-order valence-corrected chi connectivity index (χ2v) is 6.55. The SMILES string of the molecule is CN(CC1CCCCC1)c1ccc(CCN)c(Br)c1. The van der Waals surface area contributed by atoms with Crippen molar-refractivity contribution < 1.29 is 0 Å². The van der Waals surface area contributed by atoms with Crippen LogP contribution < -0.4 is 10.6 Å². The summed E-state index contributed by atoms with van der Waals surface area (Å²) in [5, 5.41) is 0. The van der Waals surface area contributed by atoms with Gasteiger partial charge in [-0.1, -0.05) is 41.3 Å². The monoisotopic (exact) mass is 324 g/mol. The van der Waals surface area contributed by atoms with Gasteiger partial charge in [-0.3, -0.25) is 0 Å². The van der Waals surface area contributed by atoms with Gasteiger partial charge in [-0.05, 0) is 49.4 Å². The molecule has 0 radical (unpaired) electrons. The van der Waals surface area contributed by atoms with Crippen molar-refractivity contribution in [1.29, 1.82) is 0 Å². The lowest BCUT2D eigenvalue weighted by Gasteiger charge is -2.28. The van der Waals surface area contributed by atoms with Gasteiger partial charge >= 0.3 is 0 Å². The molecule has 3 heteroatoms. The van der Waals surface area contributed by atoms with Crippen LogP contribution >= 0.6 is 15.9 Å². The molecule has 2 nitrogen and oxygen atoms in total. The highest BCUT2D eigenvalue weighted by Gasteiger charge is 2.16. The zero-order valence-corrected chi connectivity index (χ0v) is 13.5. The number of benzene rings is 1. The smallest absolute Gasteiger partial charge is 0.0375 e. The maximum absolute atomic E-state index is 5.62. The van der Waals surface area contributed by atoms with Gasteiger partial charge in [0.15, 0.2) is 0 Å². The second kappa shape index (κ2) is 7.30. The first kappa shape index (κ1) is 14.9. The molecule has 106 valence electrons. The van der Waals surface area contributed by atoms with Crippen molar-refractivity contribution in [3.05, 3.63) is 28.2 Å². The lowest BCUT2D eigenvalue weighted by molar-refractivity contribution is 0.362. The summed E-state index contributed by atoms with van der Waals surface area (Å²) in [6.07, 6.45) is 8.00. The van der Waals surface area contributed by atoms with E-state index in [-0.39, 0.29) is 0 Å². The van der Waals surface area contributed by atoms with Crippen LogP contribution in [0.1, 0.15) is 37.7 Å². The minimum Gasteiger partial charge on any atom is -0.374 e. The average Bonchev–Trinajstić information content (AvgIpc) is 2.42. The summed E-state index contributed by atoms with van der Waals surface area (Å²) in [4.78, 5) is 2.40. The van der Waals surface area contributed by atoms with E-state index in [1.165, 1.54) is 54.4 Å². The van der Waals surface area contributed by atoms with Crippen LogP contribution in [0.5, 0.6) is 0 Å². The number of hydrogen-bond donors (Lipinski definition) is 1. The van der Waals surface area contributed by atoms with E-state index in [1.54, 1.807) is 0 Å². The van der Waals surface area contributed by atoms with Crippen molar-refractivity contribution in [2.45, 2.75) is 38.5 Å². The first-order valence-electron chi connectivity index (χ1n) is 7.40. The molecule has 1 aliphatic carbocycles. The second-order valence-electron chi connectivity index (χ2n) is 5.70. The van der Waals surface area contributed by atoms with Gasteiger partial charge in [-0.2, -0.15) is 0 Å². The van der Waals surface area contributed by atoms with E-state index < -0.39 is 0 Å². The molecule has 1 aromatic rings. The third-order valence-electron chi connectivity index (χ3n) is 4.15. The first-order chi connectivity index (χ1) is 9.20. The molecule has 1 saturated carbocycles. The molecule has 0 aromatic heterocycles. The van der Waals surface area contributed by atoms with Crippen LogP contribution in [-0.2, 0) is 6.42 Å². The Morgan fingerprint density at radius 1 is 1.26 bits per heavy atom. The molecule has 0 aliphatic heterocycles. The first-order valence-corrected chi connectivity index (χ1v) is 8.19. The molecule has 2 N–H and O–H groups in total. The maximum atomic E-state index is 5.62. The average molecular weight is 325 g/mol. The fourth-order valence-electron chi connectivity index (χ4n) is 2.99. The van der Waals surface area contributed by atoms with Gasteiger partial charge in [-0.15, -0.1) is 0 Å². The van der Waals surface area contributed by atoms with Crippen LogP contribution in [0.2, 0.25) is 0 Å². The van der Waals surface area contributed by atoms with E-state index in [9.17, 15) is 0 Å². The molecule has 0 bridgehead atoms. The summed E-state index contributed by atoms with van der Waals surface area (Å²) in [6.45, 7) is 1.89. The van der Waals surface area contributed by atoms with Crippen molar-refractivity contribution in [1.82, 2.24) is 0 Å². The molecule has 0 atom stereocenters. The minimum atomic E-state index is 0.704. The van der Waals surface area contributed by atoms with Crippen molar-refractivity contribution in [2.24, 2.45) is 11.7 Å². The zero-order valence-electron chi connectivity index (χ0n) is 11.9. The molecule has 0 heterocycles. The summed E-state index contributed by atoms with van der Waals surface area (Å²) in [5.74, 6) is 0.876. The molecule has 1 aromatic carbocycles. The van der Waals surface area contributed by atoms with Gasteiger partial charge in [0.05, 0.1) is 0 Å². The van der Waals surface area contributed by atoms with E-state index in [4.69, 9.17) is 5.73 Å². The predicted molar refractivity (Wildman–Crippen MR) is 86.7 cm³/mol. The summed E-state index contributed by atoms with van der Waals surface area (Å²) in [6, 6.07) is 6.65. The molecule has 1 aliphatic rings. The number of nitrogens with two attached hydrogens (primary N) is 1. The van der Waals surface area contributed by atoms with E-state index >= 15 is 0 Å². The molecule has 19 heavy (non-hydrogen) atoms. The third-order valence-corrected chi connectivity index (χ3v) is 4.89. The van der Waals surface area contributed by atoms with Crippen molar-refractivity contribution in [2.75, 3.05) is 25.0 Å². The van der Waals surface area contributed by atoms with E-state index in [1.807, 2.05) is 0 Å². The topological polar surface area (TPSA) is 29.3 Å². The highest BCUT2D eigenvalue weighted by atomic mass is 79.9. The Morgan fingerprint density at radius 3 is 2.63 bits per heavy atom. The van der Waals surface area contributed by atoms with Gasteiger partial charge in [0.25, 0.3) is 0 Å². The number of halogens is 1. The Morgan fingerprint density at radius 2 is 2.00 bits per heavy atom. The van der Waals surface area contributed by atoms with E-state index in [0.29, 0.717) is 6.54 Å². The van der Waals surface area contributed by atoms with Gasteiger partial charge in [0, 0.05) is 23.8 Å². The lowest BCUT2D eigenvalue weighted by atomic mass is 9.89. The van der Waals surface area contributed by atoms with Crippen LogP contribution in [0, 0.1) is 5.92 Å². The van der Waals surface area contributed by atoms with E-state index in [2.05, 4.69) is 46.1 Å². The van der Waals surface area contributed by atoms with Crippen LogP contribution in [-0.4, -0.2) is 20.1 Å². The van der Waals surface area contributed by atoms with Crippen LogP contribution in [0.4, 0.5) is 5.69 Å². The van der Waals surface area contributed by atoms with Crippen molar-refractivity contribution >= 4 is 21.6 Å². The number of rotatable bonds is 5. The molecule has 1 fully saturated rings. The summed E-state index contributed by atoms with van der Waals surface area (Å²) in [5.41, 5.74) is 8.23. The van der Waals surface area contributed by atoms with Crippen molar-refractivity contribution in [3.8, 4) is 0 Å². The van der Waals surface area contributed by atoms with E-state index in [0.717, 1.165) is 12.3 Å². The summed E-state index contributed by atoms with van der Waals surface area (Å²) >= 11 is 3.66. The Balaban J connectivity index is 1.98. The van der Waals surface area contributed by atoms with Crippen LogP contribution in [0.15, 0.2) is 22.7 Å². The Kier molecular flexibility index (Phi) is 5.71. The summed E-state index contributed by atoms with van der Waals surface area (Å²) in [7, 11) is 2.21. The highest BCUT2D eigenvalue weighted by molar-refractivity contribution is 9.10. The van der Waals surface area contributed by atoms with Crippen LogP contribution in [0.3, 0.4) is 0 Å². The Bertz CT molecular complexity index is 400.